The Morgan fingerprint density at radius 2 is 1.74 bits per heavy atom. The number of methoxy groups -OCH3 is 1. The summed E-state index contributed by atoms with van der Waals surface area (Å²) in [6, 6.07) is 15.7. The first-order chi connectivity index (χ1) is 14.8. The van der Waals surface area contributed by atoms with E-state index in [1.165, 1.54) is 49.0 Å². The number of sulfonamides is 1. The summed E-state index contributed by atoms with van der Waals surface area (Å²) >= 11 is 0. The number of ether oxygens (including phenoxy) is 1. The molecule has 0 fully saturated rings. The smallest absolute Gasteiger partial charge is 0.337 e. The molecule has 2 aromatic carbocycles. The minimum atomic E-state index is -3.98. The van der Waals surface area contributed by atoms with Crippen molar-refractivity contribution in [1.82, 2.24) is 9.62 Å². The number of hydrogen-bond acceptors (Lipinski definition) is 6. The van der Waals surface area contributed by atoms with Crippen LogP contribution in [0.1, 0.15) is 32.0 Å². The van der Waals surface area contributed by atoms with Crippen molar-refractivity contribution in [1.29, 1.82) is 0 Å². The lowest BCUT2D eigenvalue weighted by atomic mass is 10.1. The molecule has 8 nitrogen and oxygen atoms in total. The summed E-state index contributed by atoms with van der Waals surface area (Å²) in [6.07, 6.45) is 1.47. The third kappa shape index (κ3) is 5.19. The third-order valence-corrected chi connectivity index (χ3v) is 6.40. The highest BCUT2D eigenvalue weighted by Gasteiger charge is 2.27. The van der Waals surface area contributed by atoms with Crippen LogP contribution >= 0.6 is 0 Å². The number of carbonyl (C=O) groups is 2. The van der Waals surface area contributed by atoms with Crippen LogP contribution in [0.15, 0.2) is 76.2 Å². The first kappa shape index (κ1) is 22.3. The average molecular weight is 442 g/mol. The Hall–Kier alpha value is -3.43. The van der Waals surface area contributed by atoms with E-state index in [0.29, 0.717) is 16.9 Å². The molecule has 0 saturated heterocycles. The van der Waals surface area contributed by atoms with Gasteiger partial charge in [0.1, 0.15) is 5.76 Å². The number of carbonyl (C=O) groups excluding carboxylic acids is 2. The molecule has 0 aliphatic heterocycles. The lowest BCUT2D eigenvalue weighted by Crippen LogP contribution is -2.30. The minimum absolute atomic E-state index is 0.00498. The van der Waals surface area contributed by atoms with Gasteiger partial charge < -0.3 is 14.5 Å². The normalized spacial score (nSPS) is 11.3. The van der Waals surface area contributed by atoms with Crippen LogP contribution in [-0.4, -0.2) is 38.8 Å². The maximum Gasteiger partial charge on any atom is 0.337 e. The molecule has 0 aliphatic carbocycles. The zero-order valence-corrected chi connectivity index (χ0v) is 17.9. The van der Waals surface area contributed by atoms with Crippen LogP contribution in [0.3, 0.4) is 0 Å². The van der Waals surface area contributed by atoms with Crippen molar-refractivity contribution < 1.29 is 27.2 Å². The molecule has 0 spiro atoms. The number of benzene rings is 2. The van der Waals surface area contributed by atoms with Crippen LogP contribution in [0, 0.1) is 0 Å². The number of furan rings is 1. The Balaban J connectivity index is 1.95. The van der Waals surface area contributed by atoms with E-state index in [9.17, 15) is 18.0 Å². The van der Waals surface area contributed by atoms with E-state index in [2.05, 4.69) is 5.32 Å². The third-order valence-electron chi connectivity index (χ3n) is 4.61. The fourth-order valence-corrected chi connectivity index (χ4v) is 4.40. The number of hydrogen-bond donors (Lipinski definition) is 1. The molecule has 0 unspecified atom stereocenters. The van der Waals surface area contributed by atoms with E-state index in [1.807, 2.05) is 0 Å². The van der Waals surface area contributed by atoms with Gasteiger partial charge in [-0.15, -0.1) is 0 Å². The Kier molecular flexibility index (Phi) is 6.88. The van der Waals surface area contributed by atoms with Gasteiger partial charge in [0.05, 0.1) is 30.4 Å². The van der Waals surface area contributed by atoms with Gasteiger partial charge >= 0.3 is 5.97 Å². The van der Waals surface area contributed by atoms with Crippen molar-refractivity contribution >= 4 is 21.9 Å². The number of nitrogens with zero attached hydrogens (tertiary/aromatic N) is 1. The molecule has 3 rings (SSSR count). The van der Waals surface area contributed by atoms with Gasteiger partial charge in [0.25, 0.3) is 5.91 Å². The monoisotopic (exact) mass is 442 g/mol. The summed E-state index contributed by atoms with van der Waals surface area (Å²) in [5, 5.41) is 2.54. The van der Waals surface area contributed by atoms with Gasteiger partial charge in [-0.3, -0.25) is 4.79 Å². The maximum atomic E-state index is 13.4. The van der Waals surface area contributed by atoms with Crippen LogP contribution in [0.2, 0.25) is 0 Å². The summed E-state index contributed by atoms with van der Waals surface area (Å²) < 4.78 is 38.1. The fraction of sp³-hybridized carbons (Fsp3) is 0.182. The lowest BCUT2D eigenvalue weighted by molar-refractivity contribution is 0.0600. The molecule has 1 amide bonds. The number of amides is 1. The fourth-order valence-electron chi connectivity index (χ4n) is 2.96. The summed E-state index contributed by atoms with van der Waals surface area (Å²) in [7, 11) is -1.22. The molecule has 162 valence electrons. The van der Waals surface area contributed by atoms with E-state index >= 15 is 0 Å². The molecule has 1 N–H and O–H groups in total. The minimum Gasteiger partial charge on any atom is -0.468 e. The van der Waals surface area contributed by atoms with Crippen molar-refractivity contribution in [3.05, 3.63) is 89.4 Å². The van der Waals surface area contributed by atoms with Gasteiger partial charge in [0.2, 0.25) is 10.0 Å². The first-order valence-corrected chi connectivity index (χ1v) is 10.8. The molecule has 0 bridgehead atoms. The van der Waals surface area contributed by atoms with Crippen molar-refractivity contribution in [2.75, 3.05) is 14.2 Å². The zero-order chi connectivity index (χ0) is 22.4. The molecule has 9 heteroatoms. The van der Waals surface area contributed by atoms with Crippen molar-refractivity contribution in [2.45, 2.75) is 18.0 Å². The molecule has 1 aromatic heterocycles. The molecule has 0 radical (unpaired) electrons. The molecule has 31 heavy (non-hydrogen) atoms. The molecular formula is C22H22N2O6S. The zero-order valence-electron chi connectivity index (χ0n) is 17.1. The lowest BCUT2D eigenvalue weighted by Gasteiger charge is -2.22. The Labute approximate surface area is 180 Å². The van der Waals surface area contributed by atoms with E-state index in [0.717, 1.165) is 0 Å². The molecule has 1 heterocycles. The molecule has 0 saturated carbocycles. The topological polar surface area (TPSA) is 106 Å². The largest absolute Gasteiger partial charge is 0.468 e. The average Bonchev–Trinajstić information content (AvgIpc) is 3.31. The maximum absolute atomic E-state index is 13.4. The predicted molar refractivity (Wildman–Crippen MR) is 113 cm³/mol. The number of rotatable bonds is 8. The second-order valence-electron chi connectivity index (χ2n) is 6.65. The van der Waals surface area contributed by atoms with Crippen LogP contribution in [-0.2, 0) is 27.8 Å². The Bertz CT molecular complexity index is 1150. The summed E-state index contributed by atoms with van der Waals surface area (Å²) in [6.45, 7) is 0.0362. The molecule has 0 atom stereocenters. The van der Waals surface area contributed by atoms with E-state index in [-0.39, 0.29) is 29.5 Å². The van der Waals surface area contributed by atoms with E-state index in [1.54, 1.807) is 36.4 Å². The van der Waals surface area contributed by atoms with Crippen molar-refractivity contribution in [2.24, 2.45) is 0 Å². The number of esters is 1. The van der Waals surface area contributed by atoms with Crippen molar-refractivity contribution in [3.63, 3.8) is 0 Å². The summed E-state index contributed by atoms with van der Waals surface area (Å²) in [5.41, 5.74) is 1.29. The molecule has 0 aliphatic rings. The van der Waals surface area contributed by atoms with E-state index < -0.39 is 16.0 Å². The molecule has 3 aromatic rings. The first-order valence-electron chi connectivity index (χ1n) is 9.37. The molecular weight excluding hydrogens is 420 g/mol. The standard InChI is InChI=1S/C22H22N2O6S/c1-23-21(25)17-10-8-16(9-11-17)14-24(15-19-6-4-12-30-19)31(27,28)20-7-3-5-18(13-20)22(26)29-2/h3-13H,14-15H2,1-2H3,(H,23,25). The highest BCUT2D eigenvalue weighted by Crippen LogP contribution is 2.23. The van der Waals surface area contributed by atoms with E-state index in [4.69, 9.17) is 9.15 Å². The highest BCUT2D eigenvalue weighted by molar-refractivity contribution is 7.89. The van der Waals surface area contributed by atoms with Gasteiger partial charge in [0, 0.05) is 19.2 Å². The van der Waals surface area contributed by atoms with Gasteiger partial charge in [-0.05, 0) is 48.0 Å². The van der Waals surface area contributed by atoms with Gasteiger partial charge in [0.15, 0.2) is 0 Å². The summed E-state index contributed by atoms with van der Waals surface area (Å²) in [5.74, 6) is -0.389. The highest BCUT2D eigenvalue weighted by atomic mass is 32.2. The predicted octanol–water partition coefficient (Wildman–Crippen LogP) is 2.82. The van der Waals surface area contributed by atoms with Crippen molar-refractivity contribution in [3.8, 4) is 0 Å². The number of nitrogens with one attached hydrogen (secondary N) is 1. The van der Waals surface area contributed by atoms with Crippen LogP contribution in [0.4, 0.5) is 0 Å². The van der Waals surface area contributed by atoms with Gasteiger partial charge in [-0.1, -0.05) is 18.2 Å². The Morgan fingerprint density at radius 3 is 2.35 bits per heavy atom. The van der Waals surface area contributed by atoms with Gasteiger partial charge in [-0.25, -0.2) is 13.2 Å². The Morgan fingerprint density at radius 1 is 1.00 bits per heavy atom. The van der Waals surface area contributed by atoms with Crippen LogP contribution in [0.5, 0.6) is 0 Å². The second-order valence-corrected chi connectivity index (χ2v) is 8.59. The van der Waals surface area contributed by atoms with Crippen LogP contribution < -0.4 is 5.32 Å². The van der Waals surface area contributed by atoms with Crippen LogP contribution in [0.25, 0.3) is 0 Å². The summed E-state index contributed by atoms with van der Waals surface area (Å²) in [4.78, 5) is 23.6. The quantitative estimate of drug-likeness (QED) is 0.538. The van der Waals surface area contributed by atoms with Gasteiger partial charge in [-0.2, -0.15) is 4.31 Å². The SMILES string of the molecule is CNC(=O)c1ccc(CN(Cc2ccco2)S(=O)(=O)c2cccc(C(=O)OC)c2)cc1. The second kappa shape index (κ2) is 9.59.